The lowest BCUT2D eigenvalue weighted by molar-refractivity contribution is 0.576. The molecule has 2 rings (SSSR count). The molecule has 0 saturated carbocycles. The molecule has 108 valence electrons. The van der Waals surface area contributed by atoms with Crippen molar-refractivity contribution < 1.29 is 0 Å². The van der Waals surface area contributed by atoms with Crippen LogP contribution in [-0.4, -0.2) is 18.3 Å². The van der Waals surface area contributed by atoms with Crippen LogP contribution < -0.4 is 5.32 Å². The molecule has 1 N–H and O–H groups in total. The number of benzene rings is 1. The lowest BCUT2D eigenvalue weighted by Crippen LogP contribution is -2.32. The van der Waals surface area contributed by atoms with Crippen LogP contribution in [0.5, 0.6) is 0 Å². The maximum atomic E-state index is 6.20. The third-order valence-corrected chi connectivity index (χ3v) is 6.17. The summed E-state index contributed by atoms with van der Waals surface area (Å²) in [4.78, 5) is 2.56. The average molecular weight is 391 g/mol. The summed E-state index contributed by atoms with van der Waals surface area (Å²) >= 11 is 13.4. The van der Waals surface area contributed by atoms with Crippen LogP contribution in [0.15, 0.2) is 45.1 Å². The van der Waals surface area contributed by atoms with Crippen LogP contribution in [0.4, 0.5) is 0 Å². The molecule has 1 aromatic heterocycles. The minimum Gasteiger partial charge on any atom is -0.313 e. The normalized spacial score (nSPS) is 12.6. The van der Waals surface area contributed by atoms with Gasteiger partial charge in [-0.05, 0) is 53.2 Å². The standard InChI is InChI=1S/C15H17BrClNS2/c1-2-18-11(9-12-7-8-15(16)20-12)10-19-14-6-4-3-5-13(14)17/h3-8,11,18H,2,9-10H2,1H3. The summed E-state index contributed by atoms with van der Waals surface area (Å²) < 4.78 is 1.20. The summed E-state index contributed by atoms with van der Waals surface area (Å²) in [5.74, 6) is 1.02. The molecule has 0 saturated heterocycles. The van der Waals surface area contributed by atoms with Crippen molar-refractivity contribution in [3.05, 3.63) is 50.1 Å². The fraction of sp³-hybridized carbons (Fsp3) is 0.333. The van der Waals surface area contributed by atoms with E-state index in [0.717, 1.165) is 28.6 Å². The van der Waals surface area contributed by atoms with Crippen LogP contribution in [-0.2, 0) is 6.42 Å². The van der Waals surface area contributed by atoms with E-state index in [0.29, 0.717) is 6.04 Å². The van der Waals surface area contributed by atoms with Gasteiger partial charge in [0.1, 0.15) is 0 Å². The van der Waals surface area contributed by atoms with Crippen LogP contribution in [0.25, 0.3) is 0 Å². The van der Waals surface area contributed by atoms with Crippen molar-refractivity contribution in [3.8, 4) is 0 Å². The smallest absolute Gasteiger partial charge is 0.0701 e. The van der Waals surface area contributed by atoms with Crippen LogP contribution in [0.2, 0.25) is 5.02 Å². The fourth-order valence-corrected chi connectivity index (χ4v) is 4.79. The minimum atomic E-state index is 0.465. The van der Waals surface area contributed by atoms with Gasteiger partial charge >= 0.3 is 0 Å². The first-order chi connectivity index (χ1) is 9.69. The number of nitrogens with one attached hydrogen (secondary N) is 1. The number of likely N-dealkylation sites (N-methyl/N-ethyl adjacent to an activating group) is 1. The predicted octanol–water partition coefficient (Wildman–Crippen LogP) is 5.48. The Bertz CT molecular complexity index is 544. The van der Waals surface area contributed by atoms with E-state index in [2.05, 4.69) is 46.4 Å². The predicted molar refractivity (Wildman–Crippen MR) is 95.4 cm³/mol. The van der Waals surface area contributed by atoms with Crippen molar-refractivity contribution in [1.29, 1.82) is 0 Å². The van der Waals surface area contributed by atoms with Crippen molar-refractivity contribution >= 4 is 50.6 Å². The van der Waals surface area contributed by atoms with Gasteiger partial charge in [-0.1, -0.05) is 30.7 Å². The van der Waals surface area contributed by atoms with Crippen LogP contribution in [0.3, 0.4) is 0 Å². The van der Waals surface area contributed by atoms with E-state index in [1.54, 1.807) is 0 Å². The molecule has 1 nitrogen and oxygen atoms in total. The second kappa shape index (κ2) is 8.44. The molecule has 0 fully saturated rings. The maximum Gasteiger partial charge on any atom is 0.0701 e. The zero-order chi connectivity index (χ0) is 14.4. The molecule has 5 heteroatoms. The van der Waals surface area contributed by atoms with E-state index in [1.165, 1.54) is 8.66 Å². The molecule has 1 aromatic carbocycles. The number of halogens is 2. The van der Waals surface area contributed by atoms with E-state index < -0.39 is 0 Å². The quantitative estimate of drug-likeness (QED) is 0.628. The van der Waals surface area contributed by atoms with Gasteiger partial charge in [0.15, 0.2) is 0 Å². The Morgan fingerprint density at radius 3 is 2.75 bits per heavy atom. The van der Waals surface area contributed by atoms with Crippen molar-refractivity contribution in [2.75, 3.05) is 12.3 Å². The number of thiophene rings is 1. The van der Waals surface area contributed by atoms with Crippen molar-refractivity contribution in [3.63, 3.8) is 0 Å². The monoisotopic (exact) mass is 389 g/mol. The lowest BCUT2D eigenvalue weighted by atomic mass is 10.2. The molecule has 0 spiro atoms. The van der Waals surface area contributed by atoms with Crippen LogP contribution >= 0.6 is 50.6 Å². The molecule has 0 aliphatic carbocycles. The molecule has 0 amide bonds. The number of hydrogen-bond donors (Lipinski definition) is 1. The fourth-order valence-electron chi connectivity index (χ4n) is 1.94. The van der Waals surface area contributed by atoms with Crippen molar-refractivity contribution in [1.82, 2.24) is 5.32 Å². The second-order valence-corrected chi connectivity index (χ2v) is 8.42. The van der Waals surface area contributed by atoms with E-state index in [9.17, 15) is 0 Å². The molecule has 0 aliphatic rings. The Morgan fingerprint density at radius 1 is 1.30 bits per heavy atom. The topological polar surface area (TPSA) is 12.0 Å². The summed E-state index contributed by atoms with van der Waals surface area (Å²) in [5, 5.41) is 4.40. The summed E-state index contributed by atoms with van der Waals surface area (Å²) in [7, 11) is 0. The maximum absolute atomic E-state index is 6.20. The van der Waals surface area contributed by atoms with Gasteiger partial charge in [0, 0.05) is 21.6 Å². The molecule has 20 heavy (non-hydrogen) atoms. The Labute approximate surface area is 142 Å². The second-order valence-electron chi connectivity index (χ2n) is 4.41. The van der Waals surface area contributed by atoms with Gasteiger partial charge in [0.05, 0.1) is 8.81 Å². The number of rotatable bonds is 7. The highest BCUT2D eigenvalue weighted by atomic mass is 79.9. The third-order valence-electron chi connectivity index (χ3n) is 2.85. The van der Waals surface area contributed by atoms with Crippen LogP contribution in [0.1, 0.15) is 11.8 Å². The first-order valence-corrected chi connectivity index (χ1v) is 9.51. The summed E-state index contributed by atoms with van der Waals surface area (Å²) in [5.41, 5.74) is 0. The summed E-state index contributed by atoms with van der Waals surface area (Å²) in [6.45, 7) is 3.14. The van der Waals surface area contributed by atoms with E-state index in [1.807, 2.05) is 41.3 Å². The van der Waals surface area contributed by atoms with Gasteiger partial charge in [-0.15, -0.1) is 23.1 Å². The molecular weight excluding hydrogens is 374 g/mol. The summed E-state index contributed by atoms with van der Waals surface area (Å²) in [6, 6.07) is 12.8. The van der Waals surface area contributed by atoms with Gasteiger partial charge < -0.3 is 5.32 Å². The first kappa shape index (κ1) is 16.4. The van der Waals surface area contributed by atoms with Crippen molar-refractivity contribution in [2.24, 2.45) is 0 Å². The largest absolute Gasteiger partial charge is 0.313 e. The summed E-state index contributed by atoms with van der Waals surface area (Å²) in [6.07, 6.45) is 1.06. The highest BCUT2D eigenvalue weighted by Crippen LogP contribution is 2.28. The highest BCUT2D eigenvalue weighted by molar-refractivity contribution is 9.11. The van der Waals surface area contributed by atoms with Crippen LogP contribution in [0, 0.1) is 0 Å². The molecule has 0 bridgehead atoms. The van der Waals surface area contributed by atoms with E-state index in [-0.39, 0.29) is 0 Å². The Balaban J connectivity index is 1.94. The Morgan fingerprint density at radius 2 is 2.10 bits per heavy atom. The lowest BCUT2D eigenvalue weighted by Gasteiger charge is -2.17. The number of hydrogen-bond acceptors (Lipinski definition) is 3. The molecule has 1 unspecified atom stereocenters. The number of thioether (sulfide) groups is 1. The molecule has 1 atom stereocenters. The zero-order valence-corrected chi connectivity index (χ0v) is 15.2. The van der Waals surface area contributed by atoms with E-state index in [4.69, 9.17) is 11.6 Å². The van der Waals surface area contributed by atoms with Gasteiger partial charge in [0.2, 0.25) is 0 Å². The van der Waals surface area contributed by atoms with Gasteiger partial charge in [-0.3, -0.25) is 0 Å². The highest BCUT2D eigenvalue weighted by Gasteiger charge is 2.11. The minimum absolute atomic E-state index is 0.465. The average Bonchev–Trinajstić information content (AvgIpc) is 2.83. The molecule has 1 heterocycles. The first-order valence-electron chi connectivity index (χ1n) is 6.54. The molecule has 0 radical (unpaired) electrons. The van der Waals surface area contributed by atoms with E-state index >= 15 is 0 Å². The van der Waals surface area contributed by atoms with Gasteiger partial charge in [0.25, 0.3) is 0 Å². The Hall–Kier alpha value is -0.0000000000000000833. The molecule has 0 aliphatic heterocycles. The SMILES string of the molecule is CCNC(CSc1ccccc1Cl)Cc1ccc(Br)s1. The third kappa shape index (κ3) is 5.08. The van der Waals surface area contributed by atoms with Gasteiger partial charge in [-0.2, -0.15) is 0 Å². The molecular formula is C15H17BrClNS2. The molecule has 2 aromatic rings. The zero-order valence-electron chi connectivity index (χ0n) is 11.2. The van der Waals surface area contributed by atoms with Gasteiger partial charge in [-0.25, -0.2) is 0 Å². The Kier molecular flexibility index (Phi) is 6.91. The van der Waals surface area contributed by atoms with Crippen molar-refractivity contribution in [2.45, 2.75) is 24.3 Å².